The van der Waals surface area contributed by atoms with Crippen LogP contribution in [0.25, 0.3) is 0 Å². The van der Waals surface area contributed by atoms with Crippen LogP contribution in [-0.4, -0.2) is 53.5 Å². The van der Waals surface area contributed by atoms with Gasteiger partial charge >= 0.3 is 6.18 Å². The number of alkyl halides is 3. The van der Waals surface area contributed by atoms with Gasteiger partial charge in [-0.15, -0.1) is 0 Å². The second-order valence-corrected chi connectivity index (χ2v) is 9.42. The lowest BCUT2D eigenvalue weighted by Crippen LogP contribution is -2.40. The van der Waals surface area contributed by atoms with Gasteiger partial charge in [0.05, 0.1) is 17.8 Å². The van der Waals surface area contributed by atoms with Crippen LogP contribution in [0.4, 0.5) is 24.9 Å². The Morgan fingerprint density at radius 1 is 0.794 bits per heavy atom. The smallest absolute Gasteiger partial charge is 0.356 e. The Morgan fingerprint density at radius 2 is 1.41 bits per heavy atom. The number of benzene rings is 1. The molecule has 0 N–H and O–H groups in total. The fourth-order valence-electron chi connectivity index (χ4n) is 5.14. The maximum Gasteiger partial charge on any atom is 0.416 e. The summed E-state index contributed by atoms with van der Waals surface area (Å²) in [4.78, 5) is 29.4. The molecule has 1 aromatic heterocycles. The van der Waals surface area contributed by atoms with Gasteiger partial charge in [-0.1, -0.05) is 0 Å². The SMILES string of the molecule is O=C(c1ccc(C(F)(F)F)cc1)N1CCc2nc(N3CCCCC3)nc(N3CCCCC3)c2C1. The van der Waals surface area contributed by atoms with Crippen LogP contribution in [0.5, 0.6) is 0 Å². The van der Waals surface area contributed by atoms with Crippen molar-refractivity contribution in [2.45, 2.75) is 57.7 Å². The third kappa shape index (κ3) is 4.70. The van der Waals surface area contributed by atoms with E-state index < -0.39 is 11.7 Å². The van der Waals surface area contributed by atoms with E-state index in [9.17, 15) is 18.0 Å². The first kappa shape index (κ1) is 22.9. The van der Waals surface area contributed by atoms with Gasteiger partial charge in [-0.3, -0.25) is 4.79 Å². The molecule has 2 aromatic rings. The van der Waals surface area contributed by atoms with E-state index in [0.717, 1.165) is 87.0 Å². The summed E-state index contributed by atoms with van der Waals surface area (Å²) in [6.07, 6.45) is 3.18. The summed E-state index contributed by atoms with van der Waals surface area (Å²) >= 11 is 0. The summed E-state index contributed by atoms with van der Waals surface area (Å²) < 4.78 is 38.7. The molecule has 182 valence electrons. The minimum Gasteiger partial charge on any atom is -0.356 e. The van der Waals surface area contributed by atoms with Gasteiger partial charge < -0.3 is 14.7 Å². The molecule has 4 heterocycles. The standard InChI is InChI=1S/C25H30F3N5O/c26-25(27,28)19-9-7-18(8-10-19)23(34)33-16-11-21-20(17-33)22(31-12-3-1-4-13-31)30-24(29-21)32-14-5-2-6-15-32/h7-10H,1-6,11-17H2. The Kier molecular flexibility index (Phi) is 6.36. The molecule has 0 bridgehead atoms. The molecule has 0 aliphatic carbocycles. The highest BCUT2D eigenvalue weighted by Crippen LogP contribution is 2.33. The molecule has 0 radical (unpaired) electrons. The number of hydrogen-bond donors (Lipinski definition) is 0. The highest BCUT2D eigenvalue weighted by molar-refractivity contribution is 5.94. The monoisotopic (exact) mass is 473 g/mol. The third-order valence-corrected chi connectivity index (χ3v) is 7.07. The lowest BCUT2D eigenvalue weighted by Gasteiger charge is -2.36. The second kappa shape index (κ2) is 9.43. The summed E-state index contributed by atoms with van der Waals surface area (Å²) in [7, 11) is 0. The summed E-state index contributed by atoms with van der Waals surface area (Å²) in [5.41, 5.74) is 1.49. The Hall–Kier alpha value is -2.84. The van der Waals surface area contributed by atoms with Gasteiger partial charge in [0.25, 0.3) is 5.91 Å². The highest BCUT2D eigenvalue weighted by atomic mass is 19.4. The van der Waals surface area contributed by atoms with Crippen molar-refractivity contribution < 1.29 is 18.0 Å². The van der Waals surface area contributed by atoms with E-state index >= 15 is 0 Å². The number of carbonyl (C=O) groups is 1. The molecule has 3 aliphatic rings. The molecule has 2 fully saturated rings. The molecule has 5 rings (SSSR count). The molecule has 9 heteroatoms. The normalized spacial score (nSPS) is 19.2. The minimum absolute atomic E-state index is 0.260. The van der Waals surface area contributed by atoms with Crippen molar-refractivity contribution in [3.8, 4) is 0 Å². The van der Waals surface area contributed by atoms with Gasteiger partial charge in [-0.2, -0.15) is 18.2 Å². The molecule has 1 amide bonds. The first-order valence-electron chi connectivity index (χ1n) is 12.3. The third-order valence-electron chi connectivity index (χ3n) is 7.07. The van der Waals surface area contributed by atoms with Crippen LogP contribution in [0, 0.1) is 0 Å². The number of nitrogens with zero attached hydrogens (tertiary/aromatic N) is 5. The van der Waals surface area contributed by atoms with Crippen molar-refractivity contribution in [3.63, 3.8) is 0 Å². The zero-order chi connectivity index (χ0) is 23.7. The van der Waals surface area contributed by atoms with Crippen molar-refractivity contribution in [2.75, 3.05) is 42.5 Å². The van der Waals surface area contributed by atoms with Gasteiger partial charge in [-0.05, 0) is 62.8 Å². The number of rotatable bonds is 3. The topological polar surface area (TPSA) is 52.6 Å². The average Bonchev–Trinajstić information content (AvgIpc) is 2.88. The number of fused-ring (bicyclic) bond motifs is 1. The average molecular weight is 474 g/mol. The second-order valence-electron chi connectivity index (χ2n) is 9.42. The zero-order valence-electron chi connectivity index (χ0n) is 19.3. The van der Waals surface area contributed by atoms with Crippen LogP contribution in [0.15, 0.2) is 24.3 Å². The van der Waals surface area contributed by atoms with Crippen LogP contribution < -0.4 is 9.80 Å². The fraction of sp³-hybridized carbons (Fsp3) is 0.560. The van der Waals surface area contributed by atoms with Crippen LogP contribution in [0.2, 0.25) is 0 Å². The van der Waals surface area contributed by atoms with Gasteiger partial charge in [0.15, 0.2) is 0 Å². The van der Waals surface area contributed by atoms with Gasteiger partial charge in [0.1, 0.15) is 5.82 Å². The van der Waals surface area contributed by atoms with Crippen LogP contribution in [-0.2, 0) is 19.1 Å². The zero-order valence-corrected chi connectivity index (χ0v) is 19.3. The van der Waals surface area contributed by atoms with Crippen LogP contribution in [0.1, 0.15) is 65.7 Å². The van der Waals surface area contributed by atoms with Crippen molar-refractivity contribution in [3.05, 3.63) is 46.6 Å². The summed E-state index contributed by atoms with van der Waals surface area (Å²) in [5.74, 6) is 1.46. The van der Waals surface area contributed by atoms with E-state index in [0.29, 0.717) is 19.5 Å². The Balaban J connectivity index is 1.42. The van der Waals surface area contributed by atoms with Crippen molar-refractivity contribution >= 4 is 17.7 Å². The molecule has 1 aromatic carbocycles. The molecular formula is C25H30F3N5O. The van der Waals surface area contributed by atoms with Crippen molar-refractivity contribution in [2.24, 2.45) is 0 Å². The molecule has 34 heavy (non-hydrogen) atoms. The Bertz CT molecular complexity index is 1030. The quantitative estimate of drug-likeness (QED) is 0.648. The van der Waals surface area contributed by atoms with E-state index in [1.54, 1.807) is 4.90 Å². The largest absolute Gasteiger partial charge is 0.416 e. The number of amides is 1. The molecule has 3 aliphatic heterocycles. The Labute approximate surface area is 197 Å². The number of anilines is 2. The number of halogens is 3. The molecule has 6 nitrogen and oxygen atoms in total. The maximum absolute atomic E-state index is 13.2. The molecule has 0 saturated carbocycles. The summed E-state index contributed by atoms with van der Waals surface area (Å²) in [5, 5.41) is 0. The van der Waals surface area contributed by atoms with E-state index in [-0.39, 0.29) is 11.5 Å². The highest BCUT2D eigenvalue weighted by Gasteiger charge is 2.32. The van der Waals surface area contributed by atoms with Crippen LogP contribution >= 0.6 is 0 Å². The summed E-state index contributed by atoms with van der Waals surface area (Å²) in [6, 6.07) is 4.47. The first-order valence-corrected chi connectivity index (χ1v) is 12.3. The van der Waals surface area contributed by atoms with Gasteiger partial charge in [0.2, 0.25) is 5.95 Å². The predicted octanol–water partition coefficient (Wildman–Crippen LogP) is 4.67. The molecule has 2 saturated heterocycles. The van der Waals surface area contributed by atoms with Gasteiger partial charge in [-0.25, -0.2) is 4.98 Å². The van der Waals surface area contributed by atoms with Gasteiger partial charge in [0, 0.05) is 50.3 Å². The molecule has 0 atom stereocenters. The predicted molar refractivity (Wildman–Crippen MR) is 124 cm³/mol. The number of hydrogen-bond acceptors (Lipinski definition) is 5. The van der Waals surface area contributed by atoms with E-state index in [2.05, 4.69) is 9.80 Å². The van der Waals surface area contributed by atoms with E-state index in [4.69, 9.17) is 9.97 Å². The minimum atomic E-state index is -4.42. The molecular weight excluding hydrogens is 443 g/mol. The number of carbonyl (C=O) groups excluding carboxylic acids is 1. The van der Waals surface area contributed by atoms with Crippen molar-refractivity contribution in [1.29, 1.82) is 0 Å². The lowest BCUT2D eigenvalue weighted by molar-refractivity contribution is -0.137. The Morgan fingerprint density at radius 3 is 2.03 bits per heavy atom. The number of piperidine rings is 2. The van der Waals surface area contributed by atoms with E-state index in [1.807, 2.05) is 0 Å². The van der Waals surface area contributed by atoms with E-state index in [1.165, 1.54) is 25.0 Å². The summed E-state index contributed by atoms with van der Waals surface area (Å²) in [6.45, 7) is 4.68. The maximum atomic E-state index is 13.2. The first-order chi connectivity index (χ1) is 16.4. The molecule has 0 spiro atoms. The lowest BCUT2D eigenvalue weighted by atomic mass is 10.0. The fourth-order valence-corrected chi connectivity index (χ4v) is 5.14. The van der Waals surface area contributed by atoms with Crippen molar-refractivity contribution in [1.82, 2.24) is 14.9 Å². The van der Waals surface area contributed by atoms with Crippen LogP contribution in [0.3, 0.4) is 0 Å². The molecule has 0 unspecified atom stereocenters. The number of aromatic nitrogens is 2.